The number of methoxy groups -OCH3 is 1. The van der Waals surface area contributed by atoms with Crippen molar-refractivity contribution >= 4 is 5.57 Å². The van der Waals surface area contributed by atoms with Crippen LogP contribution in [0.25, 0.3) is 5.57 Å². The largest absolute Gasteiger partial charge is 0.375 e. The Kier molecular flexibility index (Phi) is 8.48. The molecular formula is C44H66N2O3. The molecule has 12 unspecified atom stereocenters. The van der Waals surface area contributed by atoms with Crippen molar-refractivity contribution < 1.29 is 14.6 Å². The molecule has 1 aromatic rings. The van der Waals surface area contributed by atoms with Crippen molar-refractivity contribution in [2.45, 2.75) is 130 Å². The Balaban J connectivity index is 1.06. The Morgan fingerprint density at radius 3 is 2.45 bits per heavy atom. The van der Waals surface area contributed by atoms with E-state index in [4.69, 9.17) is 9.47 Å². The molecule has 2 aliphatic heterocycles. The molecule has 12 atom stereocenters. The predicted octanol–water partition coefficient (Wildman–Crippen LogP) is 8.79. The van der Waals surface area contributed by atoms with Gasteiger partial charge >= 0.3 is 0 Å². The summed E-state index contributed by atoms with van der Waals surface area (Å²) in [6, 6.07) is 9.15. The van der Waals surface area contributed by atoms with E-state index in [-0.39, 0.29) is 11.0 Å². The molecule has 8 rings (SSSR count). The van der Waals surface area contributed by atoms with Crippen molar-refractivity contribution in [1.82, 2.24) is 10.2 Å². The van der Waals surface area contributed by atoms with E-state index in [0.29, 0.717) is 46.1 Å². The summed E-state index contributed by atoms with van der Waals surface area (Å²) in [5, 5.41) is 14.6. The molecule has 5 aliphatic carbocycles. The molecule has 2 heterocycles. The number of ether oxygens (including phenoxy) is 2. The van der Waals surface area contributed by atoms with Crippen molar-refractivity contribution in [3.63, 3.8) is 0 Å². The van der Waals surface area contributed by atoms with Gasteiger partial charge in [0.25, 0.3) is 0 Å². The highest BCUT2D eigenvalue weighted by molar-refractivity contribution is 5.71. The molecule has 1 aromatic carbocycles. The second-order valence-electron chi connectivity index (χ2n) is 19.4. The highest BCUT2D eigenvalue weighted by Crippen LogP contribution is 2.76. The van der Waals surface area contributed by atoms with Gasteiger partial charge in [-0.25, -0.2) is 0 Å². The molecule has 49 heavy (non-hydrogen) atoms. The summed E-state index contributed by atoms with van der Waals surface area (Å²) in [5.74, 6) is 3.52. The van der Waals surface area contributed by atoms with Gasteiger partial charge in [-0.2, -0.15) is 0 Å². The molecule has 2 N–H and O–H groups in total. The summed E-state index contributed by atoms with van der Waals surface area (Å²) in [6.07, 6.45) is 15.4. The predicted molar refractivity (Wildman–Crippen MR) is 199 cm³/mol. The van der Waals surface area contributed by atoms with Crippen molar-refractivity contribution in [1.29, 1.82) is 0 Å². The van der Waals surface area contributed by atoms with E-state index in [2.05, 4.69) is 76.5 Å². The summed E-state index contributed by atoms with van der Waals surface area (Å²) in [7, 11) is 1.56. The lowest BCUT2D eigenvalue weighted by atomic mass is 9.33. The Labute approximate surface area is 297 Å². The van der Waals surface area contributed by atoms with E-state index >= 15 is 0 Å². The van der Waals surface area contributed by atoms with Crippen LogP contribution < -0.4 is 5.32 Å². The molecule has 4 saturated carbocycles. The Morgan fingerprint density at radius 1 is 1.00 bits per heavy atom. The molecule has 270 valence electrons. The van der Waals surface area contributed by atoms with Crippen LogP contribution in [0.5, 0.6) is 0 Å². The lowest BCUT2D eigenvalue weighted by Gasteiger charge is -2.72. The molecule has 6 fully saturated rings. The molecule has 2 saturated heterocycles. The van der Waals surface area contributed by atoms with Gasteiger partial charge in [0.05, 0.1) is 12.7 Å². The smallest absolute Gasteiger partial charge is 0.180 e. The SMILES string of the molecule is C=C(C)C1CCC2(NCCN3CC4CC3CO4)CCC3(C)C(CCC4C5(C)CC=C(c6ccc(C(O)OC)cc6)C(C)(C)C5CCC43C)C12. The van der Waals surface area contributed by atoms with Gasteiger partial charge in [0, 0.05) is 43.9 Å². The quantitative estimate of drug-likeness (QED) is 0.214. The lowest BCUT2D eigenvalue weighted by Crippen LogP contribution is -2.68. The maximum Gasteiger partial charge on any atom is 0.180 e. The molecule has 5 heteroatoms. The van der Waals surface area contributed by atoms with Crippen LogP contribution in [0.3, 0.4) is 0 Å². The van der Waals surface area contributed by atoms with Gasteiger partial charge < -0.3 is 19.9 Å². The third kappa shape index (κ3) is 5.02. The molecule has 5 nitrogen and oxygen atoms in total. The van der Waals surface area contributed by atoms with Crippen LogP contribution in [-0.4, -0.2) is 61.0 Å². The molecule has 7 aliphatic rings. The summed E-state index contributed by atoms with van der Waals surface area (Å²) >= 11 is 0. The number of nitrogens with zero attached hydrogens (tertiary/aromatic N) is 1. The first-order valence-corrected chi connectivity index (χ1v) is 20.1. The number of fused-ring (bicyclic) bond motifs is 9. The van der Waals surface area contributed by atoms with Crippen LogP contribution in [0, 0.1) is 51.2 Å². The van der Waals surface area contributed by atoms with Gasteiger partial charge in [-0.3, -0.25) is 4.90 Å². The molecule has 2 bridgehead atoms. The van der Waals surface area contributed by atoms with Crippen molar-refractivity contribution in [2.24, 2.45) is 51.2 Å². The second kappa shape index (κ2) is 12.0. The number of morpholine rings is 1. The number of rotatable bonds is 8. The average Bonchev–Trinajstić information content (AvgIpc) is 3.80. The standard InChI is InChI=1S/C44H66N2O3/c1-28(2)33-15-20-44(45-23-24-46-26-32-25-31(46)27-49-32)22-21-42(6)35(38(33)44)13-14-37-41(5)18-16-34(29-9-11-30(12-10-29)39(47)48-8)40(3,4)36(41)17-19-43(37,42)7/h9-12,16,31-33,35-39,45,47H,1,13-15,17-27H2,2-8H3. The summed E-state index contributed by atoms with van der Waals surface area (Å²) in [6.45, 7) is 24.7. The molecule has 0 radical (unpaired) electrons. The minimum absolute atomic E-state index is 0.0938. The number of hydrogen-bond donors (Lipinski definition) is 2. The van der Waals surface area contributed by atoms with Crippen LogP contribution >= 0.6 is 0 Å². The number of aliphatic hydroxyl groups excluding tert-OH is 1. The van der Waals surface area contributed by atoms with Crippen LogP contribution in [0.15, 0.2) is 42.5 Å². The zero-order valence-corrected chi connectivity index (χ0v) is 31.8. The molecule has 0 amide bonds. The van der Waals surface area contributed by atoms with Crippen LogP contribution in [-0.2, 0) is 9.47 Å². The molecule has 0 aromatic heterocycles. The van der Waals surface area contributed by atoms with E-state index < -0.39 is 6.29 Å². The van der Waals surface area contributed by atoms with Gasteiger partial charge in [0.2, 0.25) is 0 Å². The average molecular weight is 671 g/mol. The number of benzene rings is 1. The van der Waals surface area contributed by atoms with Crippen molar-refractivity contribution in [3.8, 4) is 0 Å². The minimum atomic E-state index is -0.866. The molecular weight excluding hydrogens is 604 g/mol. The van der Waals surface area contributed by atoms with Gasteiger partial charge in [-0.15, -0.1) is 0 Å². The third-order valence-corrected chi connectivity index (χ3v) is 17.3. The number of nitrogens with one attached hydrogen (secondary N) is 1. The van der Waals surface area contributed by atoms with E-state index in [0.717, 1.165) is 37.1 Å². The zero-order valence-electron chi connectivity index (χ0n) is 31.8. The van der Waals surface area contributed by atoms with E-state index in [1.165, 1.54) is 87.5 Å². The van der Waals surface area contributed by atoms with E-state index in [1.807, 2.05) is 12.1 Å². The highest BCUT2D eigenvalue weighted by Gasteiger charge is 2.70. The van der Waals surface area contributed by atoms with Crippen LogP contribution in [0.2, 0.25) is 0 Å². The first kappa shape index (κ1) is 34.6. The maximum atomic E-state index is 10.2. The van der Waals surface area contributed by atoms with Crippen molar-refractivity contribution in [3.05, 3.63) is 53.6 Å². The fourth-order valence-corrected chi connectivity index (χ4v) is 14.7. The Morgan fingerprint density at radius 2 is 1.78 bits per heavy atom. The van der Waals surface area contributed by atoms with E-state index in [1.54, 1.807) is 7.11 Å². The first-order chi connectivity index (χ1) is 23.3. The monoisotopic (exact) mass is 671 g/mol. The second-order valence-corrected chi connectivity index (χ2v) is 19.4. The third-order valence-electron chi connectivity index (χ3n) is 17.3. The van der Waals surface area contributed by atoms with E-state index in [9.17, 15) is 5.11 Å². The number of likely N-dealkylation sites (tertiary alicyclic amines) is 1. The Bertz CT molecular complexity index is 1470. The number of allylic oxidation sites excluding steroid dienone is 3. The number of aliphatic hydroxyl groups is 1. The van der Waals surface area contributed by atoms with Crippen LogP contribution in [0.4, 0.5) is 0 Å². The summed E-state index contributed by atoms with van der Waals surface area (Å²) in [4.78, 5) is 2.71. The summed E-state index contributed by atoms with van der Waals surface area (Å²) < 4.78 is 11.1. The maximum absolute atomic E-state index is 10.2. The van der Waals surface area contributed by atoms with Gasteiger partial charge in [0.15, 0.2) is 6.29 Å². The normalized spacial score (nSPS) is 46.0. The zero-order chi connectivity index (χ0) is 34.6. The van der Waals surface area contributed by atoms with Crippen molar-refractivity contribution in [2.75, 3.05) is 33.4 Å². The highest BCUT2D eigenvalue weighted by atomic mass is 16.6. The molecule has 0 spiro atoms. The fourth-order valence-electron chi connectivity index (χ4n) is 14.7. The minimum Gasteiger partial charge on any atom is -0.375 e. The number of hydrogen-bond acceptors (Lipinski definition) is 5. The first-order valence-electron chi connectivity index (χ1n) is 20.1. The fraction of sp³-hybridized carbons (Fsp3) is 0.773. The summed E-state index contributed by atoms with van der Waals surface area (Å²) in [5.41, 5.74) is 6.43. The van der Waals surface area contributed by atoms with Gasteiger partial charge in [0.1, 0.15) is 0 Å². The Hall–Kier alpha value is -1.50. The van der Waals surface area contributed by atoms with Gasteiger partial charge in [-0.1, -0.05) is 77.1 Å². The lowest BCUT2D eigenvalue weighted by molar-refractivity contribution is -0.219. The van der Waals surface area contributed by atoms with Gasteiger partial charge in [-0.05, 0) is 134 Å². The van der Waals surface area contributed by atoms with Crippen LogP contribution in [0.1, 0.15) is 123 Å². The topological polar surface area (TPSA) is 54.0 Å².